The minimum atomic E-state index is -0.174. The largest absolute Gasteiger partial charge is 0.466 e. The molecule has 4 heteroatoms. The molecular formula is C11H12ClIO2. The van der Waals surface area contributed by atoms with Crippen LogP contribution in [0.25, 0.3) is 0 Å². The smallest absolute Gasteiger partial charge is 0.306 e. The summed E-state index contributed by atoms with van der Waals surface area (Å²) >= 11 is 8.23. The maximum absolute atomic E-state index is 11.1. The average Bonchev–Trinajstić information content (AvgIpc) is 2.17. The quantitative estimate of drug-likeness (QED) is 0.621. The van der Waals surface area contributed by atoms with Crippen LogP contribution in [0.15, 0.2) is 18.2 Å². The predicted molar refractivity (Wildman–Crippen MR) is 69.1 cm³/mol. The van der Waals surface area contributed by atoms with E-state index in [0.29, 0.717) is 24.5 Å². The Morgan fingerprint density at radius 2 is 2.27 bits per heavy atom. The van der Waals surface area contributed by atoms with E-state index in [-0.39, 0.29) is 5.97 Å². The molecule has 0 fully saturated rings. The van der Waals surface area contributed by atoms with Crippen molar-refractivity contribution in [2.75, 3.05) is 6.61 Å². The molecule has 0 unspecified atom stereocenters. The molecule has 0 bridgehead atoms. The van der Waals surface area contributed by atoms with Crippen molar-refractivity contribution in [1.82, 2.24) is 0 Å². The minimum absolute atomic E-state index is 0.174. The Morgan fingerprint density at radius 3 is 2.87 bits per heavy atom. The van der Waals surface area contributed by atoms with Gasteiger partial charge in [-0.2, -0.15) is 0 Å². The Labute approximate surface area is 108 Å². The molecule has 0 saturated carbocycles. The lowest BCUT2D eigenvalue weighted by Gasteiger charge is -2.04. The van der Waals surface area contributed by atoms with Crippen molar-refractivity contribution < 1.29 is 9.53 Å². The van der Waals surface area contributed by atoms with Gasteiger partial charge in [-0.1, -0.05) is 17.7 Å². The van der Waals surface area contributed by atoms with E-state index in [9.17, 15) is 4.79 Å². The molecule has 0 amide bonds. The molecule has 0 saturated heterocycles. The number of hydrogen-bond donors (Lipinski definition) is 0. The first-order chi connectivity index (χ1) is 7.13. The molecule has 1 aromatic carbocycles. The molecule has 82 valence electrons. The lowest BCUT2D eigenvalue weighted by molar-refractivity contribution is -0.143. The Hall–Kier alpha value is -0.290. The second kappa shape index (κ2) is 6.33. The van der Waals surface area contributed by atoms with Gasteiger partial charge in [0.2, 0.25) is 0 Å². The number of carbonyl (C=O) groups excluding carboxylic acids is 1. The fourth-order valence-electron chi connectivity index (χ4n) is 1.19. The van der Waals surface area contributed by atoms with Crippen LogP contribution in [0.1, 0.15) is 18.9 Å². The molecule has 0 N–H and O–H groups in total. The summed E-state index contributed by atoms with van der Waals surface area (Å²) in [5.74, 6) is -0.174. The van der Waals surface area contributed by atoms with Crippen molar-refractivity contribution in [3.63, 3.8) is 0 Å². The fourth-order valence-corrected chi connectivity index (χ4v) is 2.14. The first-order valence-corrected chi connectivity index (χ1v) is 6.18. The topological polar surface area (TPSA) is 26.3 Å². The van der Waals surface area contributed by atoms with E-state index >= 15 is 0 Å². The lowest BCUT2D eigenvalue weighted by atomic mass is 10.1. The summed E-state index contributed by atoms with van der Waals surface area (Å²) < 4.78 is 5.94. The standard InChI is InChI=1S/C11H12ClIO2/c1-2-15-11(14)6-4-8-3-5-9(13)7-10(8)12/h3,5,7H,2,4,6H2,1H3. The summed E-state index contributed by atoms with van der Waals surface area (Å²) in [5.41, 5.74) is 0.991. The monoisotopic (exact) mass is 338 g/mol. The van der Waals surface area contributed by atoms with E-state index in [2.05, 4.69) is 22.6 Å². The molecule has 0 aliphatic heterocycles. The number of hydrogen-bond acceptors (Lipinski definition) is 2. The molecule has 15 heavy (non-hydrogen) atoms. The Morgan fingerprint density at radius 1 is 1.53 bits per heavy atom. The third-order valence-corrected chi connectivity index (χ3v) is 2.94. The van der Waals surface area contributed by atoms with Crippen molar-refractivity contribution in [2.45, 2.75) is 19.8 Å². The highest BCUT2D eigenvalue weighted by Crippen LogP contribution is 2.20. The van der Waals surface area contributed by atoms with E-state index in [1.54, 1.807) is 6.92 Å². The highest BCUT2D eigenvalue weighted by Gasteiger charge is 2.05. The van der Waals surface area contributed by atoms with E-state index in [1.807, 2.05) is 18.2 Å². The van der Waals surface area contributed by atoms with Gasteiger partial charge in [0.15, 0.2) is 0 Å². The number of aryl methyl sites for hydroxylation is 1. The van der Waals surface area contributed by atoms with Crippen LogP contribution in [-0.2, 0) is 16.0 Å². The Bertz CT molecular complexity index is 352. The molecule has 0 atom stereocenters. The molecule has 0 radical (unpaired) electrons. The summed E-state index contributed by atoms with van der Waals surface area (Å²) in [6.07, 6.45) is 1.02. The van der Waals surface area contributed by atoms with Gasteiger partial charge < -0.3 is 4.74 Å². The maximum atomic E-state index is 11.1. The van der Waals surface area contributed by atoms with Gasteiger partial charge in [0.1, 0.15) is 0 Å². The number of halogens is 2. The summed E-state index contributed by atoms with van der Waals surface area (Å²) in [4.78, 5) is 11.1. The first kappa shape index (κ1) is 12.8. The number of esters is 1. The minimum Gasteiger partial charge on any atom is -0.466 e. The van der Waals surface area contributed by atoms with Crippen molar-refractivity contribution in [3.8, 4) is 0 Å². The van der Waals surface area contributed by atoms with Crippen LogP contribution in [0, 0.1) is 3.57 Å². The van der Waals surface area contributed by atoms with Gasteiger partial charge in [-0.05, 0) is 53.6 Å². The van der Waals surface area contributed by atoms with Crippen molar-refractivity contribution in [3.05, 3.63) is 32.4 Å². The first-order valence-electron chi connectivity index (χ1n) is 4.73. The molecular weight excluding hydrogens is 326 g/mol. The van der Waals surface area contributed by atoms with Crippen molar-refractivity contribution in [1.29, 1.82) is 0 Å². The third kappa shape index (κ3) is 4.38. The highest BCUT2D eigenvalue weighted by molar-refractivity contribution is 14.1. The molecule has 1 rings (SSSR count). The van der Waals surface area contributed by atoms with Gasteiger partial charge in [-0.15, -0.1) is 0 Å². The highest BCUT2D eigenvalue weighted by atomic mass is 127. The number of benzene rings is 1. The zero-order valence-corrected chi connectivity index (χ0v) is 11.3. The van der Waals surface area contributed by atoms with Gasteiger partial charge in [0.05, 0.1) is 6.61 Å². The zero-order valence-electron chi connectivity index (χ0n) is 8.43. The average molecular weight is 339 g/mol. The van der Waals surface area contributed by atoms with E-state index in [1.165, 1.54) is 0 Å². The van der Waals surface area contributed by atoms with E-state index in [4.69, 9.17) is 16.3 Å². The molecule has 0 heterocycles. The lowest BCUT2D eigenvalue weighted by Crippen LogP contribution is -2.05. The maximum Gasteiger partial charge on any atom is 0.306 e. The van der Waals surface area contributed by atoms with Crippen LogP contribution in [0.5, 0.6) is 0 Å². The summed E-state index contributed by atoms with van der Waals surface area (Å²) in [6.45, 7) is 2.23. The van der Waals surface area contributed by atoms with Crippen LogP contribution in [0.3, 0.4) is 0 Å². The van der Waals surface area contributed by atoms with Crippen molar-refractivity contribution >= 4 is 40.2 Å². The van der Waals surface area contributed by atoms with Gasteiger partial charge in [-0.25, -0.2) is 0 Å². The molecule has 2 nitrogen and oxygen atoms in total. The Balaban J connectivity index is 2.54. The van der Waals surface area contributed by atoms with Crippen molar-refractivity contribution in [2.24, 2.45) is 0 Å². The molecule has 0 aliphatic carbocycles. The normalized spacial score (nSPS) is 10.1. The van der Waals surface area contributed by atoms with Crippen LogP contribution >= 0.6 is 34.2 Å². The molecule has 0 spiro atoms. The molecule has 0 aromatic heterocycles. The van der Waals surface area contributed by atoms with Gasteiger partial charge in [-0.3, -0.25) is 4.79 Å². The van der Waals surface area contributed by atoms with Crippen LogP contribution in [-0.4, -0.2) is 12.6 Å². The van der Waals surface area contributed by atoms with Crippen LogP contribution in [0.2, 0.25) is 5.02 Å². The second-order valence-electron chi connectivity index (χ2n) is 3.04. The summed E-state index contributed by atoms with van der Waals surface area (Å²) in [7, 11) is 0. The number of rotatable bonds is 4. The second-order valence-corrected chi connectivity index (χ2v) is 4.69. The number of ether oxygens (including phenoxy) is 1. The SMILES string of the molecule is CCOC(=O)CCc1ccc(I)cc1Cl. The summed E-state index contributed by atoms with van der Waals surface area (Å²) in [6, 6.07) is 5.82. The van der Waals surface area contributed by atoms with E-state index < -0.39 is 0 Å². The predicted octanol–water partition coefficient (Wildman–Crippen LogP) is 3.44. The van der Waals surface area contributed by atoms with Crippen LogP contribution in [0.4, 0.5) is 0 Å². The number of carbonyl (C=O) groups is 1. The van der Waals surface area contributed by atoms with Crippen LogP contribution < -0.4 is 0 Å². The molecule has 0 aliphatic rings. The summed E-state index contributed by atoms with van der Waals surface area (Å²) in [5, 5.41) is 0.714. The Kier molecular flexibility index (Phi) is 5.39. The van der Waals surface area contributed by atoms with Gasteiger partial charge in [0, 0.05) is 15.0 Å². The van der Waals surface area contributed by atoms with E-state index in [0.717, 1.165) is 9.13 Å². The third-order valence-electron chi connectivity index (χ3n) is 1.92. The van der Waals surface area contributed by atoms with Gasteiger partial charge in [0.25, 0.3) is 0 Å². The fraction of sp³-hybridized carbons (Fsp3) is 0.364. The zero-order chi connectivity index (χ0) is 11.3. The van der Waals surface area contributed by atoms with Gasteiger partial charge >= 0.3 is 5.97 Å². The molecule has 1 aromatic rings.